The first-order valence-electron chi connectivity index (χ1n) is 9.00. The second-order valence-electron chi connectivity index (χ2n) is 7.77. The smallest absolute Gasteiger partial charge is 0.213 e. The maximum Gasteiger partial charge on any atom is 0.213 e. The summed E-state index contributed by atoms with van der Waals surface area (Å²) in [7, 11) is 1.79. The van der Waals surface area contributed by atoms with Gasteiger partial charge in [-0.15, -0.1) is 0 Å². The first-order chi connectivity index (χ1) is 11.4. The van der Waals surface area contributed by atoms with Crippen LogP contribution in [0.15, 0.2) is 15.6 Å². The third-order valence-corrected chi connectivity index (χ3v) is 4.39. The van der Waals surface area contributed by atoms with Crippen LogP contribution in [0.3, 0.4) is 0 Å². The fourth-order valence-electron chi connectivity index (χ4n) is 2.94. The van der Waals surface area contributed by atoms with Crippen LogP contribution in [0.25, 0.3) is 0 Å². The van der Waals surface area contributed by atoms with Crippen molar-refractivity contribution in [1.82, 2.24) is 20.5 Å². The number of nitrogens with zero attached hydrogens (tertiary/aromatic N) is 3. The van der Waals surface area contributed by atoms with Gasteiger partial charge in [-0.2, -0.15) is 0 Å². The average molecular weight is 335 g/mol. The summed E-state index contributed by atoms with van der Waals surface area (Å²) in [6.45, 7) is 13.6. The maximum atomic E-state index is 5.79. The molecule has 1 aliphatic heterocycles. The molecule has 6 nitrogen and oxygen atoms in total. The number of aromatic nitrogens is 1. The van der Waals surface area contributed by atoms with Crippen LogP contribution in [0, 0.1) is 5.92 Å². The highest BCUT2D eigenvalue weighted by molar-refractivity contribution is 5.79. The Balaban J connectivity index is 1.71. The van der Waals surface area contributed by atoms with Gasteiger partial charge in [0.1, 0.15) is 5.76 Å². The highest BCUT2D eigenvalue weighted by atomic mass is 16.4. The molecule has 2 heterocycles. The highest BCUT2D eigenvalue weighted by Gasteiger charge is 2.19. The summed E-state index contributed by atoms with van der Waals surface area (Å²) in [6, 6.07) is 0. The van der Waals surface area contributed by atoms with Crippen molar-refractivity contribution in [2.75, 3.05) is 33.2 Å². The van der Waals surface area contributed by atoms with Crippen LogP contribution in [0.4, 0.5) is 0 Å². The van der Waals surface area contributed by atoms with Gasteiger partial charge in [-0.3, -0.25) is 4.99 Å². The van der Waals surface area contributed by atoms with Gasteiger partial charge >= 0.3 is 0 Å². The van der Waals surface area contributed by atoms with Crippen LogP contribution < -0.4 is 10.6 Å². The molecule has 2 N–H and O–H groups in total. The molecular weight excluding hydrogens is 302 g/mol. The van der Waals surface area contributed by atoms with Crippen LogP contribution in [0.5, 0.6) is 0 Å². The van der Waals surface area contributed by atoms with Crippen LogP contribution in [0.1, 0.15) is 52.2 Å². The number of hydrogen-bond donors (Lipinski definition) is 2. The standard InChI is InChI=1S/C18H33N5O/c1-14-7-6-9-23(13-14)10-8-20-17(19-5)22-12-16-21-11-15(24-16)18(2,3)4/h11,14H,6-10,12-13H2,1-5H3,(H2,19,20,22). The van der Waals surface area contributed by atoms with E-state index in [1.165, 1.54) is 25.9 Å². The van der Waals surface area contributed by atoms with Crippen molar-refractivity contribution in [2.45, 2.75) is 52.5 Å². The normalized spacial score (nSPS) is 20.2. The van der Waals surface area contributed by atoms with E-state index >= 15 is 0 Å². The number of piperidine rings is 1. The molecule has 0 bridgehead atoms. The van der Waals surface area contributed by atoms with Crippen molar-refractivity contribution < 1.29 is 4.42 Å². The molecule has 0 amide bonds. The molecule has 2 rings (SSSR count). The van der Waals surface area contributed by atoms with Crippen LogP contribution in [-0.2, 0) is 12.0 Å². The third kappa shape index (κ3) is 5.82. The molecule has 0 radical (unpaired) electrons. The van der Waals surface area contributed by atoms with E-state index in [1.807, 2.05) is 6.20 Å². The van der Waals surface area contributed by atoms with E-state index < -0.39 is 0 Å². The van der Waals surface area contributed by atoms with Crippen LogP contribution in [0.2, 0.25) is 0 Å². The first kappa shape index (κ1) is 18.8. The van der Waals surface area contributed by atoms with Gasteiger partial charge in [0.15, 0.2) is 5.96 Å². The van der Waals surface area contributed by atoms with E-state index in [9.17, 15) is 0 Å². The fourth-order valence-corrected chi connectivity index (χ4v) is 2.94. The average Bonchev–Trinajstić information content (AvgIpc) is 3.00. The Morgan fingerprint density at radius 3 is 2.83 bits per heavy atom. The number of oxazole rings is 1. The Hall–Kier alpha value is -1.56. The maximum absolute atomic E-state index is 5.79. The molecule has 1 aromatic rings. The van der Waals surface area contributed by atoms with Crippen molar-refractivity contribution in [1.29, 1.82) is 0 Å². The topological polar surface area (TPSA) is 65.7 Å². The monoisotopic (exact) mass is 335 g/mol. The lowest BCUT2D eigenvalue weighted by Crippen LogP contribution is -2.43. The summed E-state index contributed by atoms with van der Waals surface area (Å²) in [6.07, 6.45) is 4.49. The number of guanidine groups is 1. The van der Waals surface area contributed by atoms with E-state index in [0.717, 1.165) is 30.7 Å². The summed E-state index contributed by atoms with van der Waals surface area (Å²) >= 11 is 0. The summed E-state index contributed by atoms with van der Waals surface area (Å²) in [5.41, 5.74) is -0.0171. The van der Waals surface area contributed by atoms with Gasteiger partial charge < -0.3 is 20.0 Å². The van der Waals surface area contributed by atoms with Crippen LogP contribution in [-0.4, -0.2) is 49.1 Å². The Kier molecular flexibility index (Phi) is 6.66. The number of rotatable bonds is 5. The lowest BCUT2D eigenvalue weighted by atomic mass is 9.94. The van der Waals surface area contributed by atoms with Crippen LogP contribution >= 0.6 is 0 Å². The summed E-state index contributed by atoms with van der Waals surface area (Å²) in [5, 5.41) is 6.63. The minimum absolute atomic E-state index is 0.0171. The molecule has 1 unspecified atom stereocenters. The van der Waals surface area contributed by atoms with Crippen molar-refractivity contribution in [3.05, 3.63) is 17.8 Å². The highest BCUT2D eigenvalue weighted by Crippen LogP contribution is 2.22. The zero-order valence-electron chi connectivity index (χ0n) is 15.9. The predicted molar refractivity (Wildman–Crippen MR) is 98.2 cm³/mol. The fraction of sp³-hybridized carbons (Fsp3) is 0.778. The number of aliphatic imine (C=N–C) groups is 1. The van der Waals surface area contributed by atoms with Crippen molar-refractivity contribution in [2.24, 2.45) is 10.9 Å². The van der Waals surface area contributed by atoms with Gasteiger partial charge in [0.05, 0.1) is 12.7 Å². The number of hydrogen-bond acceptors (Lipinski definition) is 4. The Bertz CT molecular complexity index is 532. The van der Waals surface area contributed by atoms with Gasteiger partial charge in [-0.1, -0.05) is 27.7 Å². The lowest BCUT2D eigenvalue weighted by Gasteiger charge is -2.30. The molecule has 1 aliphatic rings. The van der Waals surface area contributed by atoms with Gasteiger partial charge in [0.2, 0.25) is 5.89 Å². The Labute approximate surface area is 146 Å². The second kappa shape index (κ2) is 8.51. The summed E-state index contributed by atoms with van der Waals surface area (Å²) in [5.74, 6) is 3.20. The second-order valence-corrected chi connectivity index (χ2v) is 7.77. The van der Waals surface area contributed by atoms with Gasteiger partial charge in [0.25, 0.3) is 0 Å². The SMILES string of the molecule is CN=C(NCCN1CCCC(C)C1)NCc1ncc(C(C)(C)C)o1. The molecule has 1 aromatic heterocycles. The molecule has 0 saturated carbocycles. The van der Waals surface area contributed by atoms with E-state index in [-0.39, 0.29) is 5.41 Å². The third-order valence-electron chi connectivity index (χ3n) is 4.39. The molecule has 6 heteroatoms. The van der Waals surface area contributed by atoms with E-state index in [2.05, 4.69) is 53.2 Å². The number of nitrogens with one attached hydrogen (secondary N) is 2. The lowest BCUT2D eigenvalue weighted by molar-refractivity contribution is 0.187. The molecule has 1 fully saturated rings. The molecule has 24 heavy (non-hydrogen) atoms. The van der Waals surface area contributed by atoms with E-state index in [0.29, 0.717) is 12.4 Å². The van der Waals surface area contributed by atoms with Gasteiger partial charge in [0, 0.05) is 32.1 Å². The van der Waals surface area contributed by atoms with E-state index in [4.69, 9.17) is 4.42 Å². The first-order valence-corrected chi connectivity index (χ1v) is 9.00. The zero-order chi connectivity index (χ0) is 17.6. The molecule has 1 saturated heterocycles. The molecule has 0 spiro atoms. The zero-order valence-corrected chi connectivity index (χ0v) is 15.9. The Morgan fingerprint density at radius 2 is 2.21 bits per heavy atom. The molecular formula is C18H33N5O. The minimum Gasteiger partial charge on any atom is -0.443 e. The predicted octanol–water partition coefficient (Wildman–Crippen LogP) is 2.37. The molecule has 0 aromatic carbocycles. The molecule has 1 atom stereocenters. The van der Waals surface area contributed by atoms with Crippen molar-refractivity contribution >= 4 is 5.96 Å². The Morgan fingerprint density at radius 1 is 1.42 bits per heavy atom. The van der Waals surface area contributed by atoms with Crippen molar-refractivity contribution in [3.8, 4) is 0 Å². The quantitative estimate of drug-likeness (QED) is 0.639. The molecule has 136 valence electrons. The largest absolute Gasteiger partial charge is 0.443 e. The van der Waals surface area contributed by atoms with Crippen molar-refractivity contribution in [3.63, 3.8) is 0 Å². The minimum atomic E-state index is -0.0171. The number of likely N-dealkylation sites (tertiary alicyclic amines) is 1. The van der Waals surface area contributed by atoms with Gasteiger partial charge in [-0.05, 0) is 25.3 Å². The van der Waals surface area contributed by atoms with Gasteiger partial charge in [-0.25, -0.2) is 4.98 Å². The van der Waals surface area contributed by atoms with E-state index in [1.54, 1.807) is 7.05 Å². The summed E-state index contributed by atoms with van der Waals surface area (Å²) in [4.78, 5) is 11.1. The molecule has 0 aliphatic carbocycles. The summed E-state index contributed by atoms with van der Waals surface area (Å²) < 4.78 is 5.79.